The molecule has 0 fully saturated rings. The molecule has 0 aliphatic heterocycles. The second-order valence-corrected chi connectivity index (χ2v) is 5.78. The largest absolute Gasteiger partial charge is 0.497 e. The Morgan fingerprint density at radius 3 is 2.76 bits per heavy atom. The van der Waals surface area contributed by atoms with E-state index in [0.717, 1.165) is 16.7 Å². The number of fused-ring (bicyclic) bond motifs is 4. The van der Waals surface area contributed by atoms with Crippen LogP contribution in [0.4, 0.5) is 0 Å². The van der Waals surface area contributed by atoms with Gasteiger partial charge in [-0.15, -0.1) is 0 Å². The van der Waals surface area contributed by atoms with Gasteiger partial charge in [0.25, 0.3) is 0 Å². The normalized spacial score (nSPS) is 26.7. The van der Waals surface area contributed by atoms with Crippen molar-refractivity contribution in [2.75, 3.05) is 14.2 Å². The summed E-state index contributed by atoms with van der Waals surface area (Å²) in [6.45, 7) is 1.96. The third-order valence-electron chi connectivity index (χ3n) is 4.54. The summed E-state index contributed by atoms with van der Waals surface area (Å²) in [5, 5.41) is 0. The molecule has 0 amide bonds. The monoisotopic (exact) mass is 286 g/mol. The van der Waals surface area contributed by atoms with Crippen molar-refractivity contribution in [1.29, 1.82) is 0 Å². The van der Waals surface area contributed by atoms with Gasteiger partial charge in [0.1, 0.15) is 5.75 Å². The van der Waals surface area contributed by atoms with Crippen LogP contribution in [0, 0.1) is 5.92 Å². The summed E-state index contributed by atoms with van der Waals surface area (Å²) in [7, 11) is 2.91. The van der Waals surface area contributed by atoms with Gasteiger partial charge in [0.15, 0.2) is 11.2 Å². The number of allylic oxidation sites excluding steroid dienone is 2. The third-order valence-corrected chi connectivity index (χ3v) is 4.54. The van der Waals surface area contributed by atoms with Gasteiger partial charge in [-0.2, -0.15) is 0 Å². The lowest BCUT2D eigenvalue weighted by molar-refractivity contribution is -0.154. The van der Waals surface area contributed by atoms with Crippen LogP contribution in [0.25, 0.3) is 0 Å². The summed E-state index contributed by atoms with van der Waals surface area (Å²) in [4.78, 5) is 25.4. The molecule has 0 N–H and O–H groups in total. The van der Waals surface area contributed by atoms with E-state index < -0.39 is 11.4 Å². The lowest BCUT2D eigenvalue weighted by Crippen LogP contribution is -2.53. The fraction of sp³-hybridized carbons (Fsp3) is 0.412. The molecule has 0 spiro atoms. The first-order chi connectivity index (χ1) is 10.0. The number of Topliss-reactive ketones (excluding diaryl/α,β-unsaturated/α-hetero) is 1. The second-order valence-electron chi connectivity index (χ2n) is 5.78. The van der Waals surface area contributed by atoms with Gasteiger partial charge in [0.2, 0.25) is 0 Å². The zero-order chi connectivity index (χ0) is 15.2. The molecule has 2 atom stereocenters. The molecule has 3 rings (SSSR count). The first kappa shape index (κ1) is 13.9. The highest BCUT2D eigenvalue weighted by atomic mass is 16.5. The molecule has 0 radical (unpaired) electrons. The van der Waals surface area contributed by atoms with Gasteiger partial charge in [-0.05, 0) is 43.0 Å². The minimum Gasteiger partial charge on any atom is -0.497 e. The zero-order valence-electron chi connectivity index (χ0n) is 12.4. The second kappa shape index (κ2) is 4.72. The van der Waals surface area contributed by atoms with Crippen molar-refractivity contribution in [2.45, 2.75) is 25.2 Å². The van der Waals surface area contributed by atoms with Crippen molar-refractivity contribution in [3.05, 3.63) is 41.0 Å². The maximum Gasteiger partial charge on any atom is 0.324 e. The molecule has 2 bridgehead atoms. The maximum absolute atomic E-state index is 12.9. The molecule has 0 aromatic heterocycles. The number of rotatable bonds is 2. The first-order valence-electron chi connectivity index (χ1n) is 7.00. The number of ketones is 1. The summed E-state index contributed by atoms with van der Waals surface area (Å²) in [6, 6.07) is 5.62. The van der Waals surface area contributed by atoms with E-state index >= 15 is 0 Å². The number of hydrogen-bond donors (Lipinski definition) is 0. The van der Waals surface area contributed by atoms with Gasteiger partial charge >= 0.3 is 5.97 Å². The number of benzene rings is 1. The Kier molecular flexibility index (Phi) is 3.12. The van der Waals surface area contributed by atoms with Crippen molar-refractivity contribution in [1.82, 2.24) is 0 Å². The molecule has 1 aromatic rings. The first-order valence-corrected chi connectivity index (χ1v) is 7.00. The minimum atomic E-state index is -1.21. The van der Waals surface area contributed by atoms with E-state index in [-0.39, 0.29) is 11.7 Å². The summed E-state index contributed by atoms with van der Waals surface area (Å²) in [5.41, 5.74) is 1.61. The van der Waals surface area contributed by atoms with Gasteiger partial charge in [0.05, 0.1) is 14.2 Å². The molecular weight excluding hydrogens is 268 g/mol. The summed E-state index contributed by atoms with van der Waals surface area (Å²) >= 11 is 0. The Balaban J connectivity index is 2.28. The van der Waals surface area contributed by atoms with Crippen molar-refractivity contribution in [3.63, 3.8) is 0 Å². The number of methoxy groups -OCH3 is 2. The predicted octanol–water partition coefficient (Wildman–Crippen LogP) is 2.20. The molecule has 4 heteroatoms. The molecule has 110 valence electrons. The number of esters is 1. The lowest BCUT2D eigenvalue weighted by atomic mass is 9.59. The van der Waals surface area contributed by atoms with E-state index in [2.05, 4.69) is 0 Å². The average Bonchev–Trinajstić information content (AvgIpc) is 2.48. The predicted molar refractivity (Wildman–Crippen MR) is 77.3 cm³/mol. The van der Waals surface area contributed by atoms with E-state index in [9.17, 15) is 9.59 Å². The molecule has 4 nitrogen and oxygen atoms in total. The van der Waals surface area contributed by atoms with Crippen LogP contribution in [0.2, 0.25) is 0 Å². The Bertz CT molecular complexity index is 659. The summed E-state index contributed by atoms with van der Waals surface area (Å²) in [6.07, 6.45) is 3.00. The highest BCUT2D eigenvalue weighted by molar-refractivity contribution is 6.13. The topological polar surface area (TPSA) is 52.6 Å². The van der Waals surface area contributed by atoms with E-state index in [1.54, 1.807) is 13.2 Å². The van der Waals surface area contributed by atoms with Crippen molar-refractivity contribution in [3.8, 4) is 5.75 Å². The third kappa shape index (κ3) is 1.82. The molecule has 0 unspecified atom stereocenters. The lowest BCUT2D eigenvalue weighted by Gasteiger charge is -2.41. The van der Waals surface area contributed by atoms with Gasteiger partial charge in [-0.25, -0.2) is 0 Å². The number of hydrogen-bond acceptors (Lipinski definition) is 4. The van der Waals surface area contributed by atoms with Crippen LogP contribution < -0.4 is 4.74 Å². The van der Waals surface area contributed by atoms with Crippen molar-refractivity contribution >= 4 is 11.8 Å². The van der Waals surface area contributed by atoms with Crippen molar-refractivity contribution in [2.24, 2.45) is 5.92 Å². The van der Waals surface area contributed by atoms with E-state index in [4.69, 9.17) is 9.47 Å². The van der Waals surface area contributed by atoms with E-state index in [1.807, 2.05) is 25.1 Å². The number of carbonyl (C=O) groups is 2. The Morgan fingerprint density at radius 2 is 2.10 bits per heavy atom. The summed E-state index contributed by atoms with van der Waals surface area (Å²) < 4.78 is 10.2. The van der Waals surface area contributed by atoms with Gasteiger partial charge in [-0.3, -0.25) is 9.59 Å². The fourth-order valence-electron chi connectivity index (χ4n) is 3.63. The molecule has 0 heterocycles. The van der Waals surface area contributed by atoms with Crippen LogP contribution in [-0.2, 0) is 26.2 Å². The van der Waals surface area contributed by atoms with Crippen LogP contribution in [0.1, 0.15) is 24.5 Å². The van der Waals surface area contributed by atoms with Crippen molar-refractivity contribution < 1.29 is 19.1 Å². The van der Waals surface area contributed by atoms with Crippen LogP contribution in [0.15, 0.2) is 29.8 Å². The molecule has 2 aliphatic carbocycles. The van der Waals surface area contributed by atoms with E-state index in [0.29, 0.717) is 18.6 Å². The van der Waals surface area contributed by atoms with Gasteiger partial charge < -0.3 is 9.47 Å². The van der Waals surface area contributed by atoms with Crippen LogP contribution in [0.5, 0.6) is 5.75 Å². The quantitative estimate of drug-likeness (QED) is 0.475. The molecule has 0 saturated heterocycles. The Morgan fingerprint density at radius 1 is 1.33 bits per heavy atom. The van der Waals surface area contributed by atoms with E-state index in [1.165, 1.54) is 7.11 Å². The van der Waals surface area contributed by atoms with Crippen LogP contribution in [-0.4, -0.2) is 26.0 Å². The standard InChI is InChI=1S/C17H18O4/c1-10-6-12-7-11-4-5-13(20-2)8-14(11)17(9-10,15(12)18)16(19)21-3/h4-6,8,12H,7,9H2,1-3H3/t12-,17-/m0/s1. The van der Waals surface area contributed by atoms with Gasteiger partial charge in [-0.1, -0.05) is 17.7 Å². The fourth-order valence-corrected chi connectivity index (χ4v) is 3.63. The number of carbonyl (C=O) groups excluding carboxylic acids is 2. The molecule has 2 aliphatic rings. The molecule has 21 heavy (non-hydrogen) atoms. The molecular formula is C17H18O4. The highest BCUT2D eigenvalue weighted by Crippen LogP contribution is 2.47. The summed E-state index contributed by atoms with van der Waals surface area (Å²) in [5.74, 6) is -0.117. The minimum absolute atomic E-state index is 0.0549. The highest BCUT2D eigenvalue weighted by Gasteiger charge is 2.56. The Hall–Kier alpha value is -2.10. The van der Waals surface area contributed by atoms with Crippen LogP contribution in [0.3, 0.4) is 0 Å². The number of ether oxygens (including phenoxy) is 2. The zero-order valence-corrected chi connectivity index (χ0v) is 12.4. The molecule has 1 aromatic carbocycles. The SMILES string of the molecule is COC(=O)[C@@]12CC(C)=C[C@@H](Cc3ccc(OC)cc31)C2=O. The smallest absolute Gasteiger partial charge is 0.324 e. The van der Waals surface area contributed by atoms with Gasteiger partial charge in [0, 0.05) is 5.92 Å². The average molecular weight is 286 g/mol. The maximum atomic E-state index is 12.9. The Labute approximate surface area is 123 Å². The van der Waals surface area contributed by atoms with Crippen LogP contribution >= 0.6 is 0 Å². The molecule has 0 saturated carbocycles.